The van der Waals surface area contributed by atoms with Crippen LogP contribution in [0, 0.1) is 5.92 Å². The average molecular weight is 310 g/mol. The minimum absolute atomic E-state index is 0.273. The quantitative estimate of drug-likeness (QED) is 0.807. The number of nitrogens with one attached hydrogen (secondary N) is 2. The Hall–Kier alpha value is -0.770. The van der Waals surface area contributed by atoms with Crippen molar-refractivity contribution in [2.24, 2.45) is 5.92 Å². The molecule has 4 nitrogen and oxygen atoms in total. The van der Waals surface area contributed by atoms with Gasteiger partial charge in [0.15, 0.2) is 0 Å². The molecule has 0 aromatic heterocycles. The van der Waals surface area contributed by atoms with Crippen molar-refractivity contribution < 1.29 is 9.53 Å². The van der Waals surface area contributed by atoms with Crippen molar-refractivity contribution >= 4 is 6.09 Å². The van der Waals surface area contributed by atoms with Crippen LogP contribution in [0.1, 0.15) is 79.1 Å². The predicted molar refractivity (Wildman–Crippen MR) is 90.0 cm³/mol. The Morgan fingerprint density at radius 2 is 1.68 bits per heavy atom. The van der Waals surface area contributed by atoms with E-state index in [9.17, 15) is 4.79 Å². The van der Waals surface area contributed by atoms with Crippen molar-refractivity contribution in [3.05, 3.63) is 0 Å². The molecule has 0 aromatic rings. The number of carbonyl (C=O) groups is 1. The van der Waals surface area contributed by atoms with Gasteiger partial charge in [0, 0.05) is 18.1 Å². The molecule has 0 aromatic carbocycles. The van der Waals surface area contributed by atoms with E-state index in [1.807, 2.05) is 20.8 Å². The summed E-state index contributed by atoms with van der Waals surface area (Å²) in [5.41, 5.74) is -0.417. The van der Waals surface area contributed by atoms with Gasteiger partial charge >= 0.3 is 6.09 Å². The summed E-state index contributed by atoms with van der Waals surface area (Å²) in [5.74, 6) is 0.965. The largest absolute Gasteiger partial charge is 0.444 e. The van der Waals surface area contributed by atoms with Crippen molar-refractivity contribution in [2.75, 3.05) is 0 Å². The summed E-state index contributed by atoms with van der Waals surface area (Å²) in [6.45, 7) is 8.02. The molecule has 0 radical (unpaired) electrons. The highest BCUT2D eigenvalue weighted by Crippen LogP contribution is 2.31. The molecule has 0 heterocycles. The van der Waals surface area contributed by atoms with Gasteiger partial charge in [-0.15, -0.1) is 0 Å². The molecule has 128 valence electrons. The van der Waals surface area contributed by atoms with E-state index in [0.29, 0.717) is 12.1 Å². The third kappa shape index (κ3) is 6.15. The summed E-state index contributed by atoms with van der Waals surface area (Å²) in [6, 6.07) is 1.52. The van der Waals surface area contributed by atoms with Crippen LogP contribution in [0.25, 0.3) is 0 Å². The molecule has 0 saturated heterocycles. The van der Waals surface area contributed by atoms with E-state index in [0.717, 1.165) is 31.6 Å². The lowest BCUT2D eigenvalue weighted by Crippen LogP contribution is -2.46. The third-order valence-electron chi connectivity index (χ3n) is 4.88. The second-order valence-corrected chi connectivity index (χ2v) is 8.30. The molecule has 2 N–H and O–H groups in total. The molecule has 2 saturated carbocycles. The molecule has 0 aliphatic heterocycles. The van der Waals surface area contributed by atoms with Crippen LogP contribution in [-0.4, -0.2) is 29.8 Å². The number of rotatable bonds is 5. The van der Waals surface area contributed by atoms with Crippen molar-refractivity contribution in [1.82, 2.24) is 10.6 Å². The lowest BCUT2D eigenvalue weighted by Gasteiger charge is -2.34. The molecular weight excluding hydrogens is 276 g/mol. The topological polar surface area (TPSA) is 50.4 Å². The standard InChI is InChI=1S/C18H34N2O2/c1-13(12-14-6-5-7-14)19-15-8-10-16(11-9-15)20-17(21)22-18(2,3)4/h13-16,19H,5-12H2,1-4H3,(H,20,21). The Kier molecular flexibility index (Phi) is 6.13. The Bertz CT molecular complexity index is 353. The zero-order valence-electron chi connectivity index (χ0n) is 14.8. The minimum Gasteiger partial charge on any atom is -0.444 e. The van der Waals surface area contributed by atoms with Crippen LogP contribution in [0.4, 0.5) is 4.79 Å². The van der Waals surface area contributed by atoms with Gasteiger partial charge in [0.2, 0.25) is 0 Å². The van der Waals surface area contributed by atoms with Crippen LogP contribution >= 0.6 is 0 Å². The zero-order valence-corrected chi connectivity index (χ0v) is 14.8. The van der Waals surface area contributed by atoms with Gasteiger partial charge in [-0.2, -0.15) is 0 Å². The van der Waals surface area contributed by atoms with Gasteiger partial charge in [-0.3, -0.25) is 0 Å². The van der Waals surface area contributed by atoms with E-state index >= 15 is 0 Å². The first kappa shape index (κ1) is 17.6. The normalized spacial score (nSPS) is 27.8. The molecule has 2 aliphatic rings. The van der Waals surface area contributed by atoms with Gasteiger partial charge in [0.05, 0.1) is 0 Å². The highest BCUT2D eigenvalue weighted by molar-refractivity contribution is 5.68. The van der Waals surface area contributed by atoms with Gasteiger partial charge in [-0.05, 0) is 65.7 Å². The second-order valence-electron chi connectivity index (χ2n) is 8.30. The monoisotopic (exact) mass is 310 g/mol. The lowest BCUT2D eigenvalue weighted by molar-refractivity contribution is 0.0489. The molecule has 1 atom stereocenters. The fourth-order valence-corrected chi connectivity index (χ4v) is 3.58. The molecule has 22 heavy (non-hydrogen) atoms. The van der Waals surface area contributed by atoms with Crippen LogP contribution in [0.2, 0.25) is 0 Å². The smallest absolute Gasteiger partial charge is 0.407 e. The van der Waals surface area contributed by atoms with Gasteiger partial charge in [-0.25, -0.2) is 4.79 Å². The Labute approximate surface area is 135 Å². The highest BCUT2D eigenvalue weighted by atomic mass is 16.6. The molecule has 2 aliphatic carbocycles. The molecule has 2 rings (SSSR count). The molecular formula is C18H34N2O2. The predicted octanol–water partition coefficient (Wildman–Crippen LogP) is 3.99. The number of alkyl carbamates (subject to hydrolysis) is 1. The maximum Gasteiger partial charge on any atom is 0.407 e. The SMILES string of the molecule is CC(CC1CCC1)NC1CCC(NC(=O)OC(C)(C)C)CC1. The number of carbonyl (C=O) groups excluding carboxylic acids is 1. The summed E-state index contributed by atoms with van der Waals surface area (Å²) in [7, 11) is 0. The van der Waals surface area contributed by atoms with Gasteiger partial charge in [-0.1, -0.05) is 19.3 Å². The average Bonchev–Trinajstić information content (AvgIpc) is 2.34. The Balaban J connectivity index is 1.61. The van der Waals surface area contributed by atoms with Crippen LogP contribution in [0.5, 0.6) is 0 Å². The van der Waals surface area contributed by atoms with E-state index < -0.39 is 5.60 Å². The van der Waals surface area contributed by atoms with Crippen molar-refractivity contribution in [3.8, 4) is 0 Å². The maximum atomic E-state index is 11.8. The molecule has 2 fully saturated rings. The summed E-state index contributed by atoms with van der Waals surface area (Å²) in [5, 5.41) is 6.80. The van der Waals surface area contributed by atoms with E-state index in [4.69, 9.17) is 4.74 Å². The highest BCUT2D eigenvalue weighted by Gasteiger charge is 2.26. The van der Waals surface area contributed by atoms with E-state index in [-0.39, 0.29) is 12.1 Å². The van der Waals surface area contributed by atoms with E-state index in [2.05, 4.69) is 17.6 Å². The summed E-state index contributed by atoms with van der Waals surface area (Å²) in [6.07, 6.45) is 9.74. The van der Waals surface area contributed by atoms with E-state index in [1.54, 1.807) is 0 Å². The van der Waals surface area contributed by atoms with Gasteiger partial charge in [0.1, 0.15) is 5.60 Å². The number of hydrogen-bond acceptors (Lipinski definition) is 3. The van der Waals surface area contributed by atoms with Crippen LogP contribution in [0.15, 0.2) is 0 Å². The van der Waals surface area contributed by atoms with Crippen molar-refractivity contribution in [1.29, 1.82) is 0 Å². The van der Waals surface area contributed by atoms with Gasteiger partial charge < -0.3 is 15.4 Å². The first-order chi connectivity index (χ1) is 10.3. The second kappa shape index (κ2) is 7.67. The summed E-state index contributed by atoms with van der Waals surface area (Å²) >= 11 is 0. The molecule has 0 spiro atoms. The van der Waals surface area contributed by atoms with Crippen molar-refractivity contribution in [2.45, 2.75) is 103 Å². The summed E-state index contributed by atoms with van der Waals surface area (Å²) < 4.78 is 5.33. The fraction of sp³-hybridized carbons (Fsp3) is 0.944. The molecule has 4 heteroatoms. The fourth-order valence-electron chi connectivity index (χ4n) is 3.58. The zero-order chi connectivity index (χ0) is 16.2. The van der Waals surface area contributed by atoms with Crippen LogP contribution < -0.4 is 10.6 Å². The molecule has 0 bridgehead atoms. The number of amides is 1. The first-order valence-corrected chi connectivity index (χ1v) is 9.07. The minimum atomic E-state index is -0.417. The first-order valence-electron chi connectivity index (χ1n) is 9.07. The molecule has 1 unspecified atom stereocenters. The Morgan fingerprint density at radius 3 is 2.18 bits per heavy atom. The van der Waals surface area contributed by atoms with Crippen molar-refractivity contribution in [3.63, 3.8) is 0 Å². The van der Waals surface area contributed by atoms with E-state index in [1.165, 1.54) is 25.7 Å². The maximum absolute atomic E-state index is 11.8. The lowest BCUT2D eigenvalue weighted by atomic mass is 9.81. The summed E-state index contributed by atoms with van der Waals surface area (Å²) in [4.78, 5) is 11.8. The Morgan fingerprint density at radius 1 is 1.09 bits per heavy atom. The third-order valence-corrected chi connectivity index (χ3v) is 4.88. The van der Waals surface area contributed by atoms with Gasteiger partial charge in [0.25, 0.3) is 0 Å². The van der Waals surface area contributed by atoms with Crippen LogP contribution in [-0.2, 0) is 4.74 Å². The number of hydrogen-bond donors (Lipinski definition) is 2. The number of ether oxygens (including phenoxy) is 1. The van der Waals surface area contributed by atoms with Crippen LogP contribution in [0.3, 0.4) is 0 Å². The molecule has 1 amide bonds.